The minimum atomic E-state index is -0.379. The molecule has 0 radical (unpaired) electrons. The second-order valence-electron chi connectivity index (χ2n) is 4.91. The quantitative estimate of drug-likeness (QED) is 0.835. The third-order valence-electron chi connectivity index (χ3n) is 3.44. The average Bonchev–Trinajstić information content (AvgIpc) is 2.87. The number of aryl methyl sites for hydroxylation is 2. The third-order valence-corrected chi connectivity index (χ3v) is 3.44. The van der Waals surface area contributed by atoms with Crippen molar-refractivity contribution in [3.63, 3.8) is 0 Å². The summed E-state index contributed by atoms with van der Waals surface area (Å²) in [5.41, 5.74) is 7.07. The van der Waals surface area contributed by atoms with E-state index in [9.17, 15) is 4.39 Å². The normalized spacial score (nSPS) is 10.5. The number of nitrogens with two attached hydrogens (primary N) is 1. The van der Waals surface area contributed by atoms with E-state index in [1.54, 1.807) is 11.9 Å². The van der Waals surface area contributed by atoms with Gasteiger partial charge in [0, 0.05) is 13.6 Å². The van der Waals surface area contributed by atoms with E-state index in [0.717, 1.165) is 0 Å². The zero-order valence-electron chi connectivity index (χ0n) is 12.6. The summed E-state index contributed by atoms with van der Waals surface area (Å²) in [5.74, 6) is 0.118. The van der Waals surface area contributed by atoms with Crippen LogP contribution in [0.5, 0.6) is 0 Å². The van der Waals surface area contributed by atoms with Gasteiger partial charge in [0.25, 0.3) is 0 Å². The van der Waals surface area contributed by atoms with Crippen LogP contribution in [0.3, 0.4) is 0 Å². The van der Waals surface area contributed by atoms with Crippen LogP contribution in [0.25, 0.3) is 0 Å². The molecule has 0 atom stereocenters. The molecular formula is C14H18FN7. The molecule has 0 aliphatic rings. The van der Waals surface area contributed by atoms with Gasteiger partial charge in [0.2, 0.25) is 0 Å². The lowest BCUT2D eigenvalue weighted by atomic mass is 10.1. The molecule has 0 aliphatic carbocycles. The van der Waals surface area contributed by atoms with Crippen molar-refractivity contribution >= 4 is 11.6 Å². The zero-order valence-corrected chi connectivity index (χ0v) is 12.6. The van der Waals surface area contributed by atoms with E-state index < -0.39 is 0 Å². The highest BCUT2D eigenvalue weighted by Crippen LogP contribution is 2.18. The van der Waals surface area contributed by atoms with Crippen molar-refractivity contribution in [2.24, 2.45) is 0 Å². The zero-order chi connectivity index (χ0) is 16.1. The Balaban J connectivity index is 1.99. The van der Waals surface area contributed by atoms with Crippen molar-refractivity contribution in [2.75, 3.05) is 24.2 Å². The first kappa shape index (κ1) is 15.7. The highest BCUT2D eigenvalue weighted by atomic mass is 19.1. The molecule has 0 saturated carbocycles. The summed E-state index contributed by atoms with van der Waals surface area (Å²) in [6.45, 7) is 2.43. The van der Waals surface area contributed by atoms with Crippen LogP contribution >= 0.6 is 0 Å². The molecule has 0 unspecified atom stereocenters. The molecule has 0 spiro atoms. The highest BCUT2D eigenvalue weighted by molar-refractivity contribution is 5.50. The number of nitrogens with one attached hydrogen (secondary N) is 1. The second kappa shape index (κ2) is 6.85. The van der Waals surface area contributed by atoms with Crippen LogP contribution in [0.2, 0.25) is 0 Å². The molecule has 0 fully saturated rings. The number of nitrogen functional groups attached to an aromatic ring is 1. The number of nitrogens with zero attached hydrogens (tertiary/aromatic N) is 5. The number of anilines is 2. The first-order chi connectivity index (χ1) is 10.6. The Morgan fingerprint density at radius 2 is 2.23 bits per heavy atom. The number of rotatable bonds is 6. The van der Waals surface area contributed by atoms with Crippen molar-refractivity contribution in [2.45, 2.75) is 26.2 Å². The predicted molar refractivity (Wildman–Crippen MR) is 80.7 cm³/mol. The van der Waals surface area contributed by atoms with Crippen LogP contribution in [0, 0.1) is 17.1 Å². The molecule has 2 aromatic rings. The Hall–Kier alpha value is -2.69. The fourth-order valence-corrected chi connectivity index (χ4v) is 2.21. The number of aromatic nitrogens is 4. The molecule has 2 heterocycles. The van der Waals surface area contributed by atoms with E-state index in [0.29, 0.717) is 42.8 Å². The fourth-order valence-electron chi connectivity index (χ4n) is 2.21. The summed E-state index contributed by atoms with van der Waals surface area (Å²) in [7, 11) is 1.78. The summed E-state index contributed by atoms with van der Waals surface area (Å²) >= 11 is 0. The van der Waals surface area contributed by atoms with Crippen molar-refractivity contribution in [3.8, 4) is 6.07 Å². The van der Waals surface area contributed by atoms with Gasteiger partial charge >= 0.3 is 0 Å². The first-order valence-electron chi connectivity index (χ1n) is 7.01. The monoisotopic (exact) mass is 303 g/mol. The minimum absolute atomic E-state index is 0.209. The summed E-state index contributed by atoms with van der Waals surface area (Å²) in [4.78, 5) is 9.65. The molecule has 0 saturated heterocycles. The number of hydrogen-bond donors (Lipinski definition) is 2. The van der Waals surface area contributed by atoms with Crippen molar-refractivity contribution in [1.82, 2.24) is 20.2 Å². The number of halogens is 1. The molecule has 0 amide bonds. The standard InChI is InChI=1S/C14H18FN7/c1-3-10-12(15)14(19-8-18-10)22(2)6-4-5-11-9(7-16)13(17)21-20-11/h8H,3-6H2,1-2H3,(H3,17,20,21). The number of H-pyrrole nitrogens is 1. The van der Waals surface area contributed by atoms with Gasteiger partial charge in [-0.15, -0.1) is 0 Å². The number of aromatic amines is 1. The summed E-state index contributed by atoms with van der Waals surface area (Å²) < 4.78 is 14.2. The molecule has 0 aliphatic heterocycles. The molecule has 2 aromatic heterocycles. The van der Waals surface area contributed by atoms with E-state index in [2.05, 4.69) is 20.2 Å². The summed E-state index contributed by atoms with van der Waals surface area (Å²) in [6, 6.07) is 2.02. The van der Waals surface area contributed by atoms with Gasteiger partial charge in [0.05, 0.1) is 11.4 Å². The lowest BCUT2D eigenvalue weighted by Gasteiger charge is -2.19. The van der Waals surface area contributed by atoms with E-state index in [4.69, 9.17) is 11.0 Å². The third kappa shape index (κ3) is 3.14. The Morgan fingerprint density at radius 1 is 1.45 bits per heavy atom. The molecule has 8 heteroatoms. The van der Waals surface area contributed by atoms with Crippen LogP contribution < -0.4 is 10.6 Å². The van der Waals surface area contributed by atoms with E-state index in [1.165, 1.54) is 6.33 Å². The Labute approximate surface area is 128 Å². The molecule has 116 valence electrons. The Bertz CT molecular complexity index is 689. The highest BCUT2D eigenvalue weighted by Gasteiger charge is 2.14. The topological polar surface area (TPSA) is 108 Å². The smallest absolute Gasteiger partial charge is 0.187 e. The van der Waals surface area contributed by atoms with Gasteiger partial charge in [0.1, 0.15) is 18.0 Å². The van der Waals surface area contributed by atoms with Crippen LogP contribution in [0.4, 0.5) is 16.0 Å². The second-order valence-corrected chi connectivity index (χ2v) is 4.91. The van der Waals surface area contributed by atoms with Gasteiger partial charge in [-0.2, -0.15) is 10.4 Å². The van der Waals surface area contributed by atoms with Crippen LogP contribution in [-0.4, -0.2) is 33.8 Å². The lowest BCUT2D eigenvalue weighted by molar-refractivity contribution is 0.586. The molecule has 3 N–H and O–H groups in total. The molecule has 0 aromatic carbocycles. The summed E-state index contributed by atoms with van der Waals surface area (Å²) in [6.07, 6.45) is 3.20. The largest absolute Gasteiger partial charge is 0.381 e. The maximum absolute atomic E-state index is 14.2. The molecular weight excluding hydrogens is 285 g/mol. The minimum Gasteiger partial charge on any atom is -0.381 e. The van der Waals surface area contributed by atoms with Gasteiger partial charge < -0.3 is 10.6 Å². The number of hydrogen-bond acceptors (Lipinski definition) is 6. The Morgan fingerprint density at radius 3 is 2.91 bits per heavy atom. The van der Waals surface area contributed by atoms with Gasteiger partial charge in [-0.05, 0) is 19.3 Å². The van der Waals surface area contributed by atoms with Crippen LogP contribution in [-0.2, 0) is 12.8 Å². The SMILES string of the molecule is CCc1ncnc(N(C)CCCc2[nH]nc(N)c2C#N)c1F. The van der Waals surface area contributed by atoms with Crippen molar-refractivity contribution in [1.29, 1.82) is 5.26 Å². The van der Waals surface area contributed by atoms with Gasteiger partial charge in [0.15, 0.2) is 17.5 Å². The predicted octanol–water partition coefficient (Wildman–Crippen LogP) is 1.42. The van der Waals surface area contributed by atoms with E-state index >= 15 is 0 Å². The molecule has 2 rings (SSSR count). The summed E-state index contributed by atoms with van der Waals surface area (Å²) in [5, 5.41) is 15.6. The molecule has 0 bridgehead atoms. The average molecular weight is 303 g/mol. The number of nitriles is 1. The van der Waals surface area contributed by atoms with Gasteiger partial charge in [-0.25, -0.2) is 14.4 Å². The van der Waals surface area contributed by atoms with E-state index in [1.807, 2.05) is 13.0 Å². The molecule has 22 heavy (non-hydrogen) atoms. The molecule has 7 nitrogen and oxygen atoms in total. The first-order valence-corrected chi connectivity index (χ1v) is 7.01. The van der Waals surface area contributed by atoms with Crippen LogP contribution in [0.15, 0.2) is 6.33 Å². The lowest BCUT2D eigenvalue weighted by Crippen LogP contribution is -2.22. The Kier molecular flexibility index (Phi) is 4.88. The van der Waals surface area contributed by atoms with Crippen molar-refractivity contribution in [3.05, 3.63) is 29.1 Å². The van der Waals surface area contributed by atoms with Gasteiger partial charge in [-0.3, -0.25) is 5.10 Å². The van der Waals surface area contributed by atoms with Crippen molar-refractivity contribution < 1.29 is 4.39 Å². The van der Waals surface area contributed by atoms with Gasteiger partial charge in [-0.1, -0.05) is 6.92 Å². The van der Waals surface area contributed by atoms with E-state index in [-0.39, 0.29) is 17.5 Å². The maximum Gasteiger partial charge on any atom is 0.187 e. The fraction of sp³-hybridized carbons (Fsp3) is 0.429. The van der Waals surface area contributed by atoms with Crippen LogP contribution in [0.1, 0.15) is 30.3 Å². The maximum atomic E-state index is 14.2.